The summed E-state index contributed by atoms with van der Waals surface area (Å²) in [6, 6.07) is 3.39. The summed E-state index contributed by atoms with van der Waals surface area (Å²) in [5, 5.41) is 0. The minimum atomic E-state index is 0.414. The van der Waals surface area contributed by atoms with Gasteiger partial charge in [0.2, 0.25) is 0 Å². The highest BCUT2D eigenvalue weighted by Crippen LogP contribution is 2.36. The van der Waals surface area contributed by atoms with Crippen LogP contribution < -0.4 is 5.73 Å². The molecule has 0 bridgehead atoms. The molecule has 2 heterocycles. The second-order valence-corrected chi connectivity index (χ2v) is 6.89. The van der Waals surface area contributed by atoms with Crippen molar-refractivity contribution >= 4 is 27.3 Å². The molecule has 0 radical (unpaired) electrons. The molecular formula is C13H21BrN2S. The highest BCUT2D eigenvalue weighted by atomic mass is 79.9. The van der Waals surface area contributed by atoms with E-state index in [2.05, 4.69) is 40.7 Å². The summed E-state index contributed by atoms with van der Waals surface area (Å²) >= 11 is 5.48. The molecule has 1 aromatic rings. The number of hydrogen-bond donors (Lipinski definition) is 1. The summed E-state index contributed by atoms with van der Waals surface area (Å²) in [6.45, 7) is 6.37. The van der Waals surface area contributed by atoms with Crippen LogP contribution in [-0.2, 0) is 0 Å². The van der Waals surface area contributed by atoms with E-state index in [0.717, 1.165) is 12.6 Å². The lowest BCUT2D eigenvalue weighted by molar-refractivity contribution is 0.183. The molecule has 96 valence electrons. The van der Waals surface area contributed by atoms with Gasteiger partial charge in [-0.1, -0.05) is 6.92 Å². The highest BCUT2D eigenvalue weighted by molar-refractivity contribution is 9.10. The van der Waals surface area contributed by atoms with E-state index in [1.807, 2.05) is 11.3 Å². The van der Waals surface area contributed by atoms with Crippen LogP contribution in [0.3, 0.4) is 0 Å². The Morgan fingerprint density at radius 3 is 2.94 bits per heavy atom. The van der Waals surface area contributed by atoms with Crippen molar-refractivity contribution in [1.82, 2.24) is 4.90 Å². The smallest absolute Gasteiger partial charge is 0.0567 e. The molecule has 2 rings (SSSR count). The van der Waals surface area contributed by atoms with Gasteiger partial charge in [-0.05, 0) is 54.7 Å². The predicted octanol–water partition coefficient (Wildman–Crippen LogP) is 3.69. The molecule has 1 aliphatic rings. The number of thiophene rings is 1. The highest BCUT2D eigenvalue weighted by Gasteiger charge is 2.30. The molecule has 1 fully saturated rings. The largest absolute Gasteiger partial charge is 0.329 e. The number of hydrogen-bond acceptors (Lipinski definition) is 3. The molecule has 1 aliphatic heterocycles. The third kappa shape index (κ3) is 2.75. The standard InChI is InChI=1S/C13H21BrN2S/c1-3-10-5-4-6-16(10)12(8-15)13-7-11(14)9(2)17-13/h7,10,12H,3-6,8,15H2,1-2H3. The van der Waals surface area contributed by atoms with Gasteiger partial charge in [0.15, 0.2) is 0 Å². The third-order valence-corrected chi connectivity index (χ3v) is 5.96. The van der Waals surface area contributed by atoms with Crippen molar-refractivity contribution in [3.05, 3.63) is 20.3 Å². The van der Waals surface area contributed by atoms with Gasteiger partial charge in [0.25, 0.3) is 0 Å². The Labute approximate surface area is 116 Å². The first-order valence-electron chi connectivity index (χ1n) is 6.39. The molecule has 2 nitrogen and oxygen atoms in total. The predicted molar refractivity (Wildman–Crippen MR) is 78.6 cm³/mol. The van der Waals surface area contributed by atoms with Crippen LogP contribution in [0.4, 0.5) is 0 Å². The number of rotatable bonds is 4. The number of halogens is 1. The zero-order valence-electron chi connectivity index (χ0n) is 10.6. The van der Waals surface area contributed by atoms with Gasteiger partial charge in [0.1, 0.15) is 0 Å². The van der Waals surface area contributed by atoms with Crippen LogP contribution in [0.1, 0.15) is 42.0 Å². The molecule has 0 aliphatic carbocycles. The van der Waals surface area contributed by atoms with Crippen molar-refractivity contribution in [2.24, 2.45) is 5.73 Å². The van der Waals surface area contributed by atoms with Gasteiger partial charge in [-0.25, -0.2) is 0 Å². The Morgan fingerprint density at radius 2 is 2.41 bits per heavy atom. The van der Waals surface area contributed by atoms with E-state index in [1.54, 1.807) is 0 Å². The maximum absolute atomic E-state index is 6.01. The molecule has 17 heavy (non-hydrogen) atoms. The fourth-order valence-electron chi connectivity index (χ4n) is 2.77. The maximum Gasteiger partial charge on any atom is 0.0567 e. The molecule has 2 atom stereocenters. The van der Waals surface area contributed by atoms with E-state index >= 15 is 0 Å². The number of aryl methyl sites for hydroxylation is 1. The van der Waals surface area contributed by atoms with Crippen LogP contribution in [0, 0.1) is 6.92 Å². The topological polar surface area (TPSA) is 29.3 Å². The first kappa shape index (κ1) is 13.5. The van der Waals surface area contributed by atoms with E-state index in [4.69, 9.17) is 5.73 Å². The first-order valence-corrected chi connectivity index (χ1v) is 8.00. The van der Waals surface area contributed by atoms with Gasteiger partial charge >= 0.3 is 0 Å². The lowest BCUT2D eigenvalue weighted by atomic mass is 10.1. The van der Waals surface area contributed by atoms with Gasteiger partial charge in [0.05, 0.1) is 6.04 Å². The lowest BCUT2D eigenvalue weighted by Crippen LogP contribution is -2.36. The summed E-state index contributed by atoms with van der Waals surface area (Å²) in [7, 11) is 0. The van der Waals surface area contributed by atoms with Gasteiger partial charge in [-0.3, -0.25) is 4.90 Å². The molecule has 4 heteroatoms. The minimum absolute atomic E-state index is 0.414. The average molecular weight is 317 g/mol. The third-order valence-electron chi connectivity index (χ3n) is 3.72. The molecule has 0 aromatic carbocycles. The number of nitrogens with two attached hydrogens (primary N) is 1. The normalized spacial score (nSPS) is 23.2. The molecule has 0 amide bonds. The van der Waals surface area contributed by atoms with E-state index in [-0.39, 0.29) is 0 Å². The zero-order valence-corrected chi connectivity index (χ0v) is 13.0. The number of likely N-dealkylation sites (tertiary alicyclic amines) is 1. The van der Waals surface area contributed by atoms with Gasteiger partial charge in [0, 0.05) is 26.8 Å². The maximum atomic E-state index is 6.01. The fraction of sp³-hybridized carbons (Fsp3) is 0.692. The molecule has 0 spiro atoms. The van der Waals surface area contributed by atoms with Crippen LogP contribution >= 0.6 is 27.3 Å². The Morgan fingerprint density at radius 1 is 1.65 bits per heavy atom. The van der Waals surface area contributed by atoms with Crippen LogP contribution in [0.5, 0.6) is 0 Å². The van der Waals surface area contributed by atoms with Crippen molar-refractivity contribution < 1.29 is 0 Å². The quantitative estimate of drug-likeness (QED) is 0.917. The summed E-state index contributed by atoms with van der Waals surface area (Å²) in [5.74, 6) is 0. The Bertz CT molecular complexity index is 358. The van der Waals surface area contributed by atoms with E-state index in [1.165, 1.54) is 40.0 Å². The van der Waals surface area contributed by atoms with Crippen molar-refractivity contribution in [1.29, 1.82) is 0 Å². The van der Waals surface area contributed by atoms with E-state index in [9.17, 15) is 0 Å². The Hall–Kier alpha value is 0.1000. The van der Waals surface area contributed by atoms with Crippen LogP contribution in [0.2, 0.25) is 0 Å². The second-order valence-electron chi connectivity index (χ2n) is 4.75. The summed E-state index contributed by atoms with van der Waals surface area (Å²) < 4.78 is 1.23. The SMILES string of the molecule is CCC1CCCN1C(CN)c1cc(Br)c(C)s1. The van der Waals surface area contributed by atoms with Crippen molar-refractivity contribution in [3.8, 4) is 0 Å². The van der Waals surface area contributed by atoms with Gasteiger partial charge in [-0.2, -0.15) is 0 Å². The van der Waals surface area contributed by atoms with Crippen molar-refractivity contribution in [2.75, 3.05) is 13.1 Å². The van der Waals surface area contributed by atoms with E-state index in [0.29, 0.717) is 6.04 Å². The lowest BCUT2D eigenvalue weighted by Gasteiger charge is -2.31. The zero-order chi connectivity index (χ0) is 12.4. The van der Waals surface area contributed by atoms with Crippen LogP contribution in [0.25, 0.3) is 0 Å². The van der Waals surface area contributed by atoms with Crippen molar-refractivity contribution in [3.63, 3.8) is 0 Å². The van der Waals surface area contributed by atoms with Gasteiger partial charge < -0.3 is 5.73 Å². The molecular weight excluding hydrogens is 296 g/mol. The molecule has 2 N–H and O–H groups in total. The number of nitrogens with zero attached hydrogens (tertiary/aromatic N) is 1. The average Bonchev–Trinajstić information content (AvgIpc) is 2.89. The monoisotopic (exact) mass is 316 g/mol. The summed E-state index contributed by atoms with van der Waals surface area (Å²) in [4.78, 5) is 5.38. The second kappa shape index (κ2) is 5.83. The van der Waals surface area contributed by atoms with Crippen LogP contribution in [-0.4, -0.2) is 24.0 Å². The Balaban J connectivity index is 2.20. The fourth-order valence-corrected chi connectivity index (χ4v) is 4.46. The first-order chi connectivity index (χ1) is 8.17. The van der Waals surface area contributed by atoms with Crippen LogP contribution in [0.15, 0.2) is 10.5 Å². The summed E-state index contributed by atoms with van der Waals surface area (Å²) in [6.07, 6.45) is 3.89. The van der Waals surface area contributed by atoms with Gasteiger partial charge in [-0.15, -0.1) is 11.3 Å². The minimum Gasteiger partial charge on any atom is -0.329 e. The molecule has 2 unspecified atom stereocenters. The van der Waals surface area contributed by atoms with Crippen molar-refractivity contribution in [2.45, 2.75) is 45.2 Å². The molecule has 1 saturated heterocycles. The molecule has 1 aromatic heterocycles. The Kier molecular flexibility index (Phi) is 4.64. The molecule has 0 saturated carbocycles. The van der Waals surface area contributed by atoms with E-state index < -0.39 is 0 Å². The summed E-state index contributed by atoms with van der Waals surface area (Å²) in [5.41, 5.74) is 6.01.